The molecule has 0 aromatic rings. The van der Waals surface area contributed by atoms with E-state index in [4.69, 9.17) is 27.8 Å². The van der Waals surface area contributed by atoms with Crippen LogP contribution in [-0.4, -0.2) is 59.6 Å². The molecular weight excluding hydrogens is 391 g/mol. The smallest absolute Gasteiger partial charge is 0.309 e. The van der Waals surface area contributed by atoms with Gasteiger partial charge in [-0.2, -0.15) is 4.72 Å². The van der Waals surface area contributed by atoms with Gasteiger partial charge in [-0.15, -0.1) is 11.6 Å². The highest BCUT2D eigenvalue weighted by molar-refractivity contribution is 7.77. The van der Waals surface area contributed by atoms with E-state index in [9.17, 15) is 22.6 Å². The first kappa shape index (κ1) is 17.7. The number of amides is 3. The molecule has 3 amide bonds. The number of rotatable bonds is 3. The lowest BCUT2D eigenvalue weighted by Crippen LogP contribution is -2.49. The van der Waals surface area contributed by atoms with Crippen LogP contribution in [0.5, 0.6) is 0 Å². The Morgan fingerprint density at radius 3 is 2.71 bits per heavy atom. The fourth-order valence-electron chi connectivity index (χ4n) is 2.90. The third kappa shape index (κ3) is 2.76. The van der Waals surface area contributed by atoms with Crippen molar-refractivity contribution < 1.29 is 27.1 Å². The first-order chi connectivity index (χ1) is 11.1. The molecule has 5 atom stereocenters. The molecular formula is C12H11Cl2F2N3O4S. The van der Waals surface area contributed by atoms with Crippen LogP contribution in [0.2, 0.25) is 0 Å². The number of alkyl halides is 3. The average Bonchev–Trinajstić information content (AvgIpc) is 2.94. The van der Waals surface area contributed by atoms with Crippen LogP contribution in [0.3, 0.4) is 0 Å². The molecule has 24 heavy (non-hydrogen) atoms. The van der Waals surface area contributed by atoms with Gasteiger partial charge in [0.1, 0.15) is 23.0 Å². The number of imide groups is 1. The van der Waals surface area contributed by atoms with E-state index in [-0.39, 0.29) is 13.0 Å². The van der Waals surface area contributed by atoms with Crippen molar-refractivity contribution in [3.05, 3.63) is 23.7 Å². The van der Waals surface area contributed by atoms with E-state index in [0.717, 1.165) is 17.1 Å². The van der Waals surface area contributed by atoms with Crippen LogP contribution >= 0.6 is 23.2 Å². The molecule has 2 heterocycles. The average molecular weight is 402 g/mol. The molecule has 0 spiro atoms. The Morgan fingerprint density at radius 1 is 1.46 bits per heavy atom. The number of nitrogens with one attached hydrogen (secondary N) is 1. The zero-order chi connectivity index (χ0) is 17.8. The maximum absolute atomic E-state index is 14.3. The minimum absolute atomic E-state index is 0.164. The topological polar surface area (TPSA) is 90.0 Å². The lowest BCUT2D eigenvalue weighted by molar-refractivity contribution is -0.126. The monoisotopic (exact) mass is 401 g/mol. The predicted molar refractivity (Wildman–Crippen MR) is 81.7 cm³/mol. The standard InChI is InChI=1S/C12H11Cl2F2N3O4S/c13-9-2-6(16)8(3-12(9,14)17-24(22)23)19-10(20)7-1-5(15)4-18(7)11(19)21/h2-3,5,7,9,17H,1,4H2,(H,22,23)/t5-,7+,9?,12?/m0/s1. The molecule has 1 aliphatic carbocycles. The van der Waals surface area contributed by atoms with E-state index >= 15 is 0 Å². The van der Waals surface area contributed by atoms with Crippen LogP contribution < -0.4 is 4.72 Å². The molecule has 132 valence electrons. The van der Waals surface area contributed by atoms with Gasteiger partial charge in [-0.25, -0.2) is 22.7 Å². The lowest BCUT2D eigenvalue weighted by atomic mass is 10.0. The Hall–Kier alpha value is -1.07. The molecule has 7 nitrogen and oxygen atoms in total. The molecule has 2 fully saturated rings. The summed E-state index contributed by atoms with van der Waals surface area (Å²) in [5.74, 6) is -1.77. The van der Waals surface area contributed by atoms with E-state index in [1.54, 1.807) is 0 Å². The second-order valence-corrected chi connectivity index (χ2v) is 7.32. The van der Waals surface area contributed by atoms with E-state index in [0.29, 0.717) is 4.90 Å². The second-order valence-electron chi connectivity index (χ2n) is 5.52. The minimum atomic E-state index is -2.59. The summed E-state index contributed by atoms with van der Waals surface area (Å²) in [6.45, 7) is -0.257. The number of carbonyl (C=O) groups excluding carboxylic acids is 2. The van der Waals surface area contributed by atoms with Crippen molar-refractivity contribution in [1.29, 1.82) is 0 Å². The Labute approximate surface area is 147 Å². The summed E-state index contributed by atoms with van der Waals surface area (Å²) in [4.78, 5) is 24.3. The second kappa shape index (κ2) is 6.03. The normalized spacial score (nSPS) is 37.5. The molecule has 0 aromatic heterocycles. The number of allylic oxidation sites excluding steroid dienone is 1. The third-order valence-electron chi connectivity index (χ3n) is 3.96. The molecule has 0 bridgehead atoms. The number of fused-ring (bicyclic) bond motifs is 1. The number of nitrogens with zero attached hydrogens (tertiary/aromatic N) is 2. The Balaban J connectivity index is 1.97. The van der Waals surface area contributed by atoms with Gasteiger partial charge in [0, 0.05) is 6.42 Å². The van der Waals surface area contributed by atoms with Gasteiger partial charge in [0.15, 0.2) is 0 Å². The van der Waals surface area contributed by atoms with E-state index in [1.807, 2.05) is 4.72 Å². The summed E-state index contributed by atoms with van der Waals surface area (Å²) < 4.78 is 49.6. The molecule has 2 saturated heterocycles. The van der Waals surface area contributed by atoms with E-state index < -0.39 is 57.3 Å². The summed E-state index contributed by atoms with van der Waals surface area (Å²) in [5.41, 5.74) is -0.500. The maximum Gasteiger partial charge on any atom is 0.332 e. The maximum atomic E-state index is 14.3. The minimum Gasteiger partial charge on any atom is -0.309 e. The molecule has 0 saturated carbocycles. The van der Waals surface area contributed by atoms with Gasteiger partial charge < -0.3 is 4.90 Å². The van der Waals surface area contributed by atoms with Crippen molar-refractivity contribution in [3.63, 3.8) is 0 Å². The van der Waals surface area contributed by atoms with Gasteiger partial charge in [-0.05, 0) is 12.2 Å². The number of hydrogen-bond acceptors (Lipinski definition) is 3. The summed E-state index contributed by atoms with van der Waals surface area (Å²) in [6.07, 6.45) is 0.221. The first-order valence-electron chi connectivity index (χ1n) is 6.75. The summed E-state index contributed by atoms with van der Waals surface area (Å²) >= 11 is 9.38. The highest BCUT2D eigenvalue weighted by atomic mass is 35.5. The van der Waals surface area contributed by atoms with Crippen LogP contribution in [0.15, 0.2) is 23.7 Å². The largest absolute Gasteiger partial charge is 0.332 e. The summed E-state index contributed by atoms with van der Waals surface area (Å²) in [7, 11) is 0. The number of carbonyl (C=O) groups is 2. The quantitative estimate of drug-likeness (QED) is 0.323. The number of urea groups is 1. The summed E-state index contributed by atoms with van der Waals surface area (Å²) in [5, 5.41) is -1.26. The Morgan fingerprint density at radius 2 is 2.12 bits per heavy atom. The molecule has 3 unspecified atom stereocenters. The van der Waals surface area contributed by atoms with Crippen LogP contribution in [0.1, 0.15) is 6.42 Å². The molecule has 2 aliphatic heterocycles. The predicted octanol–water partition coefficient (Wildman–Crippen LogP) is 1.38. The lowest BCUT2D eigenvalue weighted by Gasteiger charge is -2.32. The van der Waals surface area contributed by atoms with Gasteiger partial charge in [-0.1, -0.05) is 11.6 Å². The van der Waals surface area contributed by atoms with E-state index in [1.165, 1.54) is 0 Å². The Kier molecular flexibility index (Phi) is 4.45. The SMILES string of the molecule is O=C1[C@H]2C[C@H](F)CN2C(=O)N1C1=CC(Cl)(NS(=O)O)C(Cl)C=C1F. The first-order valence-corrected chi connectivity index (χ1v) is 8.67. The molecule has 0 radical (unpaired) electrons. The zero-order valence-electron chi connectivity index (χ0n) is 11.8. The van der Waals surface area contributed by atoms with Gasteiger partial charge in [-0.3, -0.25) is 9.35 Å². The molecule has 3 rings (SSSR count). The third-order valence-corrected chi connectivity index (χ3v) is 5.61. The van der Waals surface area contributed by atoms with E-state index in [2.05, 4.69) is 0 Å². The van der Waals surface area contributed by atoms with Gasteiger partial charge in [0.2, 0.25) is 11.3 Å². The van der Waals surface area contributed by atoms with Crippen molar-refractivity contribution in [2.45, 2.75) is 29.0 Å². The van der Waals surface area contributed by atoms with Crippen molar-refractivity contribution in [2.24, 2.45) is 0 Å². The van der Waals surface area contributed by atoms with Gasteiger partial charge >= 0.3 is 6.03 Å². The van der Waals surface area contributed by atoms with Crippen molar-refractivity contribution in [1.82, 2.24) is 14.5 Å². The van der Waals surface area contributed by atoms with Crippen LogP contribution in [-0.2, 0) is 16.1 Å². The number of hydrogen-bond donors (Lipinski definition) is 2. The van der Waals surface area contributed by atoms with Crippen molar-refractivity contribution >= 4 is 46.4 Å². The molecule has 0 aromatic carbocycles. The summed E-state index contributed by atoms with van der Waals surface area (Å²) in [6, 6.07) is -1.88. The highest BCUT2D eigenvalue weighted by Gasteiger charge is 2.53. The fourth-order valence-corrected chi connectivity index (χ4v) is 4.01. The Bertz CT molecular complexity index is 682. The zero-order valence-corrected chi connectivity index (χ0v) is 14.1. The van der Waals surface area contributed by atoms with Crippen LogP contribution in [0.25, 0.3) is 0 Å². The number of halogens is 4. The molecule has 2 N–H and O–H groups in total. The fraction of sp³-hybridized carbons (Fsp3) is 0.500. The van der Waals surface area contributed by atoms with Gasteiger partial charge in [0.25, 0.3) is 5.91 Å². The molecule has 12 heteroatoms. The van der Waals surface area contributed by atoms with Crippen LogP contribution in [0, 0.1) is 0 Å². The highest BCUT2D eigenvalue weighted by Crippen LogP contribution is 2.39. The molecule has 3 aliphatic rings. The van der Waals surface area contributed by atoms with Crippen molar-refractivity contribution in [2.75, 3.05) is 6.54 Å². The van der Waals surface area contributed by atoms with Crippen molar-refractivity contribution in [3.8, 4) is 0 Å². The van der Waals surface area contributed by atoms with Crippen LogP contribution in [0.4, 0.5) is 13.6 Å². The van der Waals surface area contributed by atoms with Gasteiger partial charge in [0.05, 0.1) is 17.6 Å².